The zero-order valence-electron chi connectivity index (χ0n) is 33.8. The maximum atomic E-state index is 14.7. The molecule has 0 spiro atoms. The number of likely N-dealkylation sites (N-methyl/N-ethyl adjacent to an activating group) is 1. The fourth-order valence-corrected chi connectivity index (χ4v) is 8.41. The second-order valence-corrected chi connectivity index (χ2v) is 16.6. The minimum Gasteiger partial charge on any atom is -0.458 e. The number of aliphatic hydroxyl groups is 1. The Morgan fingerprint density at radius 1 is 0.869 bits per heavy atom. The number of cyclic esters (lactones) is 1. The summed E-state index contributed by atoms with van der Waals surface area (Å²) in [7, 11) is 1.75. The van der Waals surface area contributed by atoms with Gasteiger partial charge in [-0.1, -0.05) is 18.5 Å². The molecule has 4 heterocycles. The molecular weight excluding hydrogens is 829 g/mol. The van der Waals surface area contributed by atoms with Gasteiger partial charge in [-0.3, -0.25) is 24.0 Å². The molecule has 5 N–H and O–H groups in total. The minimum absolute atomic E-state index is 0.0298. The molecule has 4 aliphatic heterocycles. The van der Waals surface area contributed by atoms with E-state index in [4.69, 9.17) is 16.3 Å². The number of rotatable bonds is 6. The highest BCUT2D eigenvalue weighted by Crippen LogP contribution is 2.28. The van der Waals surface area contributed by atoms with Gasteiger partial charge in [0.15, 0.2) is 0 Å². The van der Waals surface area contributed by atoms with Crippen LogP contribution in [0.1, 0.15) is 39.2 Å². The first-order valence-corrected chi connectivity index (χ1v) is 20.2. The number of hydrogen-bond acceptors (Lipinski definition) is 10. The Morgan fingerprint density at radius 2 is 1.56 bits per heavy atom. The third-order valence-corrected chi connectivity index (χ3v) is 11.5. The molecule has 61 heavy (non-hydrogen) atoms. The van der Waals surface area contributed by atoms with E-state index in [0.29, 0.717) is 12.6 Å². The lowest BCUT2D eigenvalue weighted by Gasteiger charge is -2.42. The molecule has 0 radical (unpaired) electrons. The summed E-state index contributed by atoms with van der Waals surface area (Å²) in [5.74, 6) is -8.09. The van der Waals surface area contributed by atoms with Crippen LogP contribution in [0.3, 0.4) is 0 Å². The molecule has 0 bridgehead atoms. The van der Waals surface area contributed by atoms with Crippen molar-refractivity contribution in [2.45, 2.75) is 88.5 Å². The number of hydrogen-bond donors (Lipinski definition) is 5. The molecule has 4 saturated heterocycles. The number of fused-ring (bicyclic) bond motifs is 3. The van der Waals surface area contributed by atoms with Crippen molar-refractivity contribution in [3.63, 3.8) is 0 Å². The predicted molar refractivity (Wildman–Crippen MR) is 211 cm³/mol. The molecule has 2 aromatic rings. The monoisotopic (exact) mass is 876 g/mol. The van der Waals surface area contributed by atoms with E-state index in [1.165, 1.54) is 29.7 Å². The molecule has 6 rings (SSSR count). The van der Waals surface area contributed by atoms with Crippen molar-refractivity contribution in [2.24, 2.45) is 5.92 Å². The molecule has 0 unspecified atom stereocenters. The van der Waals surface area contributed by atoms with Crippen LogP contribution >= 0.6 is 11.6 Å². The Bertz CT molecular complexity index is 2060. The summed E-state index contributed by atoms with van der Waals surface area (Å²) in [6, 6.07) is -3.66. The lowest BCUT2D eigenvalue weighted by Crippen LogP contribution is -2.65. The largest absolute Gasteiger partial charge is 0.458 e. The molecule has 0 saturated carbocycles. The van der Waals surface area contributed by atoms with Gasteiger partial charge in [0, 0.05) is 56.7 Å². The van der Waals surface area contributed by atoms with Gasteiger partial charge >= 0.3 is 12.0 Å². The number of benzene rings is 2. The Balaban J connectivity index is 1.36. The van der Waals surface area contributed by atoms with Gasteiger partial charge in [0.05, 0.1) is 11.8 Å². The number of urea groups is 1. The lowest BCUT2D eigenvalue weighted by molar-refractivity contribution is -0.163. The number of amides is 7. The SMILES string of the molecule is C[C@@H]1C[C@H]2C(=O)O[C@@H](C)[C@H](NC(=O)[C@H](Cc3cc(F)cc(F)c3)NC(=O)Nc3ccc(Cl)cc3F)C(=O)N3C[C@H](O)C[C@H]3C(=O)N3CCN(C)C[C@H]3C(=O)N[C@@H](C)C(=O)N2C1. The number of halogens is 4. The van der Waals surface area contributed by atoms with Crippen LogP contribution in [0.5, 0.6) is 0 Å². The highest BCUT2D eigenvalue weighted by Gasteiger charge is 2.49. The molecule has 7 amide bonds. The van der Waals surface area contributed by atoms with E-state index in [9.17, 15) is 51.8 Å². The minimum atomic E-state index is -1.83. The first-order chi connectivity index (χ1) is 28.8. The highest BCUT2D eigenvalue weighted by atomic mass is 35.5. The van der Waals surface area contributed by atoms with Gasteiger partial charge in [-0.2, -0.15) is 0 Å². The van der Waals surface area contributed by atoms with Gasteiger partial charge in [0.25, 0.3) is 0 Å². The van der Waals surface area contributed by atoms with Crippen LogP contribution in [-0.2, 0) is 39.9 Å². The van der Waals surface area contributed by atoms with E-state index >= 15 is 0 Å². The Hall–Kier alpha value is -5.47. The van der Waals surface area contributed by atoms with Crippen LogP contribution in [0.25, 0.3) is 0 Å². The second-order valence-electron chi connectivity index (χ2n) is 16.2. The number of ether oxygens (including phenoxy) is 1. The molecule has 17 nitrogen and oxygen atoms in total. The third-order valence-electron chi connectivity index (χ3n) is 11.3. The normalized spacial score (nSPS) is 28.3. The number of esters is 1. The van der Waals surface area contributed by atoms with E-state index < -0.39 is 120 Å². The summed E-state index contributed by atoms with van der Waals surface area (Å²) >= 11 is 5.83. The summed E-state index contributed by atoms with van der Waals surface area (Å²) in [5, 5.41) is 20.7. The molecular formula is C40H48ClF3N8O9. The molecule has 0 aromatic heterocycles. The molecule has 4 aliphatic rings. The summed E-state index contributed by atoms with van der Waals surface area (Å²) < 4.78 is 49.1. The molecule has 9 atom stereocenters. The van der Waals surface area contributed by atoms with E-state index in [0.717, 1.165) is 29.2 Å². The number of anilines is 1. The summed E-state index contributed by atoms with van der Waals surface area (Å²) in [6.07, 6.45) is -3.41. The highest BCUT2D eigenvalue weighted by molar-refractivity contribution is 6.30. The van der Waals surface area contributed by atoms with E-state index in [2.05, 4.69) is 21.3 Å². The summed E-state index contributed by atoms with van der Waals surface area (Å²) in [4.78, 5) is 104. The zero-order valence-corrected chi connectivity index (χ0v) is 34.6. The van der Waals surface area contributed by atoms with Gasteiger partial charge in [0.2, 0.25) is 29.5 Å². The van der Waals surface area contributed by atoms with Crippen molar-refractivity contribution in [3.8, 4) is 0 Å². The fraction of sp³-hybridized carbons (Fsp3) is 0.525. The van der Waals surface area contributed by atoms with Crippen LogP contribution in [0, 0.1) is 23.4 Å². The van der Waals surface area contributed by atoms with Crippen LogP contribution in [0.4, 0.5) is 23.7 Å². The van der Waals surface area contributed by atoms with E-state index in [1.807, 2.05) is 11.8 Å². The van der Waals surface area contributed by atoms with Gasteiger partial charge in [-0.15, -0.1) is 0 Å². The van der Waals surface area contributed by atoms with E-state index in [-0.39, 0.29) is 54.7 Å². The quantitative estimate of drug-likeness (QED) is 0.258. The van der Waals surface area contributed by atoms with Gasteiger partial charge < -0.3 is 50.7 Å². The number of aliphatic hydroxyl groups excluding tert-OH is 1. The molecule has 2 aromatic carbocycles. The average molecular weight is 877 g/mol. The lowest BCUT2D eigenvalue weighted by atomic mass is 10.0. The van der Waals surface area contributed by atoms with E-state index in [1.54, 1.807) is 7.05 Å². The fourth-order valence-electron chi connectivity index (χ4n) is 8.25. The Morgan fingerprint density at radius 3 is 2.25 bits per heavy atom. The number of nitrogens with one attached hydrogen (secondary N) is 4. The molecule has 21 heteroatoms. The summed E-state index contributed by atoms with van der Waals surface area (Å²) in [5.41, 5.74) is -0.439. The van der Waals surface area contributed by atoms with Gasteiger partial charge in [-0.05, 0) is 69.1 Å². The van der Waals surface area contributed by atoms with Crippen LogP contribution in [0.15, 0.2) is 36.4 Å². The first kappa shape index (κ1) is 45.1. The Labute approximate surface area is 354 Å². The Kier molecular flexibility index (Phi) is 13.8. The van der Waals surface area contributed by atoms with Gasteiger partial charge in [0.1, 0.15) is 59.8 Å². The van der Waals surface area contributed by atoms with Crippen molar-refractivity contribution in [1.82, 2.24) is 35.6 Å². The zero-order chi connectivity index (χ0) is 44.4. The van der Waals surface area contributed by atoms with Crippen molar-refractivity contribution in [1.29, 1.82) is 0 Å². The van der Waals surface area contributed by atoms with Crippen molar-refractivity contribution < 1.29 is 56.6 Å². The van der Waals surface area contributed by atoms with Crippen LogP contribution in [-0.4, -0.2) is 154 Å². The number of carbonyl (C=O) groups is 7. The van der Waals surface area contributed by atoms with Crippen molar-refractivity contribution in [2.75, 3.05) is 45.1 Å². The molecule has 4 fully saturated rings. The first-order valence-electron chi connectivity index (χ1n) is 19.9. The predicted octanol–water partition coefficient (Wildman–Crippen LogP) is 0.766. The summed E-state index contributed by atoms with van der Waals surface area (Å²) in [6.45, 7) is 4.79. The van der Waals surface area contributed by atoms with Crippen molar-refractivity contribution in [3.05, 3.63) is 64.4 Å². The standard InChI is InChI=1S/C40H48ClF3N8O9/c1-19-9-31-39(59)61-21(3)33(48-34(54)29(12-22-10-24(42)14-25(43)11-22)47-40(60)46-28-6-5-23(41)13-27(28)44)38(58)52-17-26(53)15-30(52)37(57)50-8-7-49(4)18-32(50)35(55)45-20(2)36(56)51(31)16-19/h5-6,10-11,13-14,19-21,26,29-33,53H,7-9,12,15-18H2,1-4H3,(H,45,55)(H,48,54)(H2,46,47,60)/t19-,20+,21+,26-,29+,30+,31+,32+,33+/m1/s1. The number of piperazine rings is 1. The van der Waals surface area contributed by atoms with Crippen LogP contribution < -0.4 is 21.3 Å². The van der Waals surface area contributed by atoms with Crippen LogP contribution in [0.2, 0.25) is 5.02 Å². The average Bonchev–Trinajstić information content (AvgIpc) is 3.78. The number of carbonyl (C=O) groups excluding carboxylic acids is 7. The second kappa shape index (κ2) is 18.7. The molecule has 0 aliphatic carbocycles. The molecule has 330 valence electrons. The number of nitrogens with zero attached hydrogens (tertiary/aromatic N) is 4. The van der Waals surface area contributed by atoms with Crippen molar-refractivity contribution >= 4 is 58.8 Å². The third kappa shape index (κ3) is 10.4. The topological polar surface area (TPSA) is 210 Å². The smallest absolute Gasteiger partial charge is 0.329 e. The maximum absolute atomic E-state index is 14.7. The maximum Gasteiger partial charge on any atom is 0.329 e. The van der Waals surface area contributed by atoms with Gasteiger partial charge in [-0.25, -0.2) is 22.8 Å².